The van der Waals surface area contributed by atoms with Crippen molar-refractivity contribution in [1.82, 2.24) is 10.6 Å². The summed E-state index contributed by atoms with van der Waals surface area (Å²) in [4.78, 5) is 23.2. The van der Waals surface area contributed by atoms with Gasteiger partial charge in [0, 0.05) is 6.54 Å². The Morgan fingerprint density at radius 1 is 1.00 bits per heavy atom. The van der Waals surface area contributed by atoms with Crippen LogP contribution in [0.15, 0.2) is 36.4 Å². The van der Waals surface area contributed by atoms with E-state index in [1.807, 2.05) is 5.32 Å². The third-order valence-corrected chi connectivity index (χ3v) is 6.12. The number of benzene rings is 2. The van der Waals surface area contributed by atoms with E-state index in [2.05, 4.69) is 5.32 Å². The summed E-state index contributed by atoms with van der Waals surface area (Å²) in [6.45, 7) is 2.48. The summed E-state index contributed by atoms with van der Waals surface area (Å²) in [7, 11) is 0. The van der Waals surface area contributed by atoms with Crippen LogP contribution in [0.2, 0.25) is 15.1 Å². The van der Waals surface area contributed by atoms with Crippen molar-refractivity contribution in [1.29, 1.82) is 0 Å². The van der Waals surface area contributed by atoms with E-state index in [0.29, 0.717) is 12.1 Å². The number of rotatable bonds is 7. The van der Waals surface area contributed by atoms with Crippen molar-refractivity contribution in [2.45, 2.75) is 37.7 Å². The van der Waals surface area contributed by atoms with Gasteiger partial charge in [-0.3, -0.25) is 4.79 Å². The summed E-state index contributed by atoms with van der Waals surface area (Å²) < 4.78 is 82.4. The number of amides is 2. The number of carbonyl (C=O) groups excluding carboxylic acids is 1. The van der Waals surface area contributed by atoms with E-state index in [1.165, 1.54) is 13.8 Å². The average molecular weight is 592 g/mol. The maximum atomic E-state index is 13.7. The molecule has 3 N–H and O–H groups in total. The van der Waals surface area contributed by atoms with Crippen LogP contribution in [0.4, 0.5) is 31.1 Å². The molecule has 2 amide bonds. The molecule has 5 nitrogen and oxygen atoms in total. The monoisotopic (exact) mass is 590 g/mol. The van der Waals surface area contributed by atoms with Crippen molar-refractivity contribution < 1.29 is 41.0 Å². The molecule has 0 aromatic heterocycles. The molecule has 0 spiro atoms. The van der Waals surface area contributed by atoms with Gasteiger partial charge in [0.1, 0.15) is 0 Å². The molecule has 2 rings (SSSR count). The molecule has 37 heavy (non-hydrogen) atoms. The zero-order chi connectivity index (χ0) is 28.3. The van der Waals surface area contributed by atoms with Crippen LogP contribution in [0.25, 0.3) is 6.08 Å². The summed E-state index contributed by atoms with van der Waals surface area (Å²) in [6.07, 6.45) is -9.81. The molecule has 0 heterocycles. The van der Waals surface area contributed by atoms with Crippen LogP contribution in [-0.4, -0.2) is 35.4 Å². The second-order valence-corrected chi connectivity index (χ2v) is 9.67. The summed E-state index contributed by atoms with van der Waals surface area (Å²) in [5.41, 5.74) is -4.09. The number of halogens is 9. The molecule has 0 bridgehead atoms. The molecule has 2 aromatic rings. The average Bonchev–Trinajstić information content (AvgIpc) is 2.74. The van der Waals surface area contributed by atoms with E-state index in [-0.39, 0.29) is 32.7 Å². The molecule has 0 aliphatic heterocycles. The van der Waals surface area contributed by atoms with E-state index in [9.17, 15) is 35.9 Å². The molecule has 1 atom stereocenters. The third-order valence-electron chi connectivity index (χ3n) is 4.93. The molecule has 202 valence electrons. The van der Waals surface area contributed by atoms with Gasteiger partial charge in [0.25, 0.3) is 5.91 Å². The van der Waals surface area contributed by atoms with Crippen LogP contribution in [0.1, 0.15) is 46.8 Å². The minimum Gasteiger partial charge on any atom is -0.465 e. The van der Waals surface area contributed by atoms with Gasteiger partial charge in [0.2, 0.25) is 0 Å². The van der Waals surface area contributed by atoms with Crippen LogP contribution < -0.4 is 10.6 Å². The fourth-order valence-electron chi connectivity index (χ4n) is 3.18. The fourth-order valence-corrected chi connectivity index (χ4v) is 3.80. The van der Waals surface area contributed by atoms with Crippen LogP contribution in [0.5, 0.6) is 0 Å². The number of hydrogen-bond acceptors (Lipinski definition) is 2. The molecule has 0 aliphatic rings. The Morgan fingerprint density at radius 3 is 2.05 bits per heavy atom. The topological polar surface area (TPSA) is 78.4 Å². The first-order valence-electron chi connectivity index (χ1n) is 10.2. The molecule has 0 aliphatic carbocycles. The smallest absolute Gasteiger partial charge is 0.417 e. The quantitative estimate of drug-likeness (QED) is 0.227. The summed E-state index contributed by atoms with van der Waals surface area (Å²) in [5.74, 6) is -3.43. The largest absolute Gasteiger partial charge is 0.465 e. The van der Waals surface area contributed by atoms with E-state index in [1.54, 1.807) is 0 Å². The van der Waals surface area contributed by atoms with Gasteiger partial charge in [-0.25, -0.2) is 4.79 Å². The lowest BCUT2D eigenvalue weighted by molar-refractivity contribution is -0.139. The summed E-state index contributed by atoms with van der Waals surface area (Å²) in [5, 5.41) is 12.4. The van der Waals surface area contributed by atoms with Crippen molar-refractivity contribution in [2.75, 3.05) is 6.54 Å². The molecule has 0 radical (unpaired) electrons. The Balaban J connectivity index is 2.44. The highest BCUT2D eigenvalue weighted by Crippen LogP contribution is 2.41. The number of nitrogens with one attached hydrogen (secondary N) is 2. The van der Waals surface area contributed by atoms with Gasteiger partial charge in [0.05, 0.1) is 37.7 Å². The second kappa shape index (κ2) is 11.4. The van der Waals surface area contributed by atoms with Crippen molar-refractivity contribution in [3.05, 3.63) is 73.7 Å². The predicted octanol–water partition coefficient (Wildman–Crippen LogP) is 7.80. The normalized spacial score (nSPS) is 13.5. The van der Waals surface area contributed by atoms with Gasteiger partial charge in [-0.05, 0) is 49.2 Å². The number of carbonyl (C=O) groups is 2. The van der Waals surface area contributed by atoms with Crippen LogP contribution in [-0.2, 0) is 6.18 Å². The zero-order valence-electron chi connectivity index (χ0n) is 19.0. The van der Waals surface area contributed by atoms with E-state index >= 15 is 0 Å². The van der Waals surface area contributed by atoms with Gasteiger partial charge in [0.15, 0.2) is 0 Å². The highest BCUT2D eigenvalue weighted by molar-refractivity contribution is 6.48. The predicted molar refractivity (Wildman–Crippen MR) is 128 cm³/mol. The Morgan fingerprint density at radius 2 is 1.57 bits per heavy atom. The van der Waals surface area contributed by atoms with Crippen molar-refractivity contribution in [3.8, 4) is 0 Å². The SMILES string of the molecule is CC(C)(CNC(=O)O)NC(=O)c1ccc(C=CC(c2cc(Cl)c(Cl)c(Cl)c2)C(F)(F)F)cc1C(F)(F)F. The van der Waals surface area contributed by atoms with Crippen molar-refractivity contribution in [2.24, 2.45) is 0 Å². The molecular weight excluding hydrogens is 573 g/mol. The maximum Gasteiger partial charge on any atom is 0.417 e. The van der Waals surface area contributed by atoms with Crippen molar-refractivity contribution >= 4 is 52.9 Å². The Hall–Kier alpha value is -2.63. The first kappa shape index (κ1) is 30.6. The zero-order valence-corrected chi connectivity index (χ0v) is 21.3. The van der Waals surface area contributed by atoms with Gasteiger partial charge in [-0.2, -0.15) is 26.3 Å². The van der Waals surface area contributed by atoms with Crippen LogP contribution in [0, 0.1) is 0 Å². The molecule has 0 fully saturated rings. The number of hydrogen-bond donors (Lipinski definition) is 3. The highest BCUT2D eigenvalue weighted by atomic mass is 35.5. The summed E-state index contributed by atoms with van der Waals surface area (Å²) in [6, 6.07) is 4.29. The number of alkyl halides is 6. The standard InChI is InChI=1S/C23H19Cl3F6N2O3/c1-21(2,10-33-20(36)37)34-19(35)13-5-3-11(7-15(13)23(30,31)32)4-6-14(22(27,28)29)12-8-16(24)18(26)17(25)9-12/h3-9,14,33H,10H2,1-2H3,(H,34,35)(H,36,37). The Labute approximate surface area is 222 Å². The Kier molecular flexibility index (Phi) is 9.43. The summed E-state index contributed by atoms with van der Waals surface area (Å²) >= 11 is 17.4. The van der Waals surface area contributed by atoms with Gasteiger partial charge in [-0.15, -0.1) is 0 Å². The third kappa shape index (κ3) is 8.44. The van der Waals surface area contributed by atoms with Gasteiger partial charge < -0.3 is 15.7 Å². The lowest BCUT2D eigenvalue weighted by Gasteiger charge is -2.26. The maximum absolute atomic E-state index is 13.7. The molecular formula is C23H19Cl3F6N2O3. The van der Waals surface area contributed by atoms with Crippen LogP contribution >= 0.6 is 34.8 Å². The Bertz CT molecular complexity index is 1190. The number of allylic oxidation sites excluding steroid dienone is 1. The van der Waals surface area contributed by atoms with Crippen LogP contribution in [0.3, 0.4) is 0 Å². The van der Waals surface area contributed by atoms with E-state index < -0.39 is 46.9 Å². The lowest BCUT2D eigenvalue weighted by Crippen LogP contribution is -2.51. The molecule has 2 aromatic carbocycles. The molecule has 0 saturated carbocycles. The van der Waals surface area contributed by atoms with E-state index in [0.717, 1.165) is 30.3 Å². The van der Waals surface area contributed by atoms with Crippen molar-refractivity contribution in [3.63, 3.8) is 0 Å². The second-order valence-electron chi connectivity index (χ2n) is 8.48. The minimum atomic E-state index is -5.03. The van der Waals surface area contributed by atoms with Gasteiger partial charge >= 0.3 is 18.4 Å². The first-order chi connectivity index (χ1) is 16.8. The highest BCUT2D eigenvalue weighted by Gasteiger charge is 2.40. The van der Waals surface area contributed by atoms with E-state index in [4.69, 9.17) is 39.9 Å². The molecule has 0 saturated heterocycles. The first-order valence-corrected chi connectivity index (χ1v) is 11.3. The molecule has 14 heteroatoms. The minimum absolute atomic E-state index is 0.150. The fraction of sp³-hybridized carbons (Fsp3) is 0.304. The lowest BCUT2D eigenvalue weighted by atomic mass is 9.95. The number of carboxylic acid groups (broad SMARTS) is 1. The van der Waals surface area contributed by atoms with Gasteiger partial charge in [-0.1, -0.05) is 53.0 Å². The molecule has 1 unspecified atom stereocenters.